The number of hydrogen-bond donors (Lipinski definition) is 1. The van der Waals surface area contributed by atoms with Gasteiger partial charge in [0.25, 0.3) is 0 Å². The van der Waals surface area contributed by atoms with Crippen molar-refractivity contribution in [3.8, 4) is 0 Å². The van der Waals surface area contributed by atoms with Gasteiger partial charge in [0.15, 0.2) is 5.82 Å². The lowest BCUT2D eigenvalue weighted by atomic mass is 10.2. The molecule has 0 radical (unpaired) electrons. The lowest BCUT2D eigenvalue weighted by Crippen LogP contribution is -2.04. The fourth-order valence-electron chi connectivity index (χ4n) is 1.25. The number of imidazole rings is 1. The van der Waals surface area contributed by atoms with Gasteiger partial charge in [-0.3, -0.25) is 9.48 Å². The summed E-state index contributed by atoms with van der Waals surface area (Å²) >= 11 is 0. The molecule has 0 spiro atoms. The largest absolute Gasteiger partial charge is 0.342 e. The average molecular weight is 190 g/mol. The van der Waals surface area contributed by atoms with Gasteiger partial charge in [0.2, 0.25) is 5.78 Å². The number of Topliss-reactive ketones (excluding diaryl/α,β-unsaturated/α-hetero) is 1. The molecule has 14 heavy (non-hydrogen) atoms. The van der Waals surface area contributed by atoms with E-state index in [4.69, 9.17) is 0 Å². The van der Waals surface area contributed by atoms with Crippen LogP contribution in [0.25, 0.3) is 0 Å². The molecule has 0 aliphatic heterocycles. The second-order valence-electron chi connectivity index (χ2n) is 3.06. The van der Waals surface area contributed by atoms with Crippen molar-refractivity contribution < 1.29 is 4.79 Å². The molecule has 0 aliphatic carbocycles. The van der Waals surface area contributed by atoms with E-state index in [9.17, 15) is 4.79 Å². The minimum atomic E-state index is -0.0250. The van der Waals surface area contributed by atoms with E-state index in [0.717, 1.165) is 5.56 Å². The number of aromatic nitrogens is 4. The number of H-pyrrole nitrogens is 1. The van der Waals surface area contributed by atoms with E-state index in [1.54, 1.807) is 23.3 Å². The Morgan fingerprint density at radius 3 is 3.07 bits per heavy atom. The summed E-state index contributed by atoms with van der Waals surface area (Å²) < 4.78 is 1.67. The standard InChI is InChI=1S/C9H10N4O/c1-13-6-7(5-12-13)4-8(14)9-10-2-3-11-9/h2-3,5-6H,4H2,1H3,(H,10,11). The lowest BCUT2D eigenvalue weighted by molar-refractivity contribution is 0.0984. The van der Waals surface area contributed by atoms with Crippen LogP contribution in [0.5, 0.6) is 0 Å². The van der Waals surface area contributed by atoms with Crippen LogP contribution in [0.2, 0.25) is 0 Å². The van der Waals surface area contributed by atoms with Gasteiger partial charge >= 0.3 is 0 Å². The summed E-state index contributed by atoms with van der Waals surface area (Å²) in [4.78, 5) is 18.2. The molecule has 1 N–H and O–H groups in total. The third-order valence-corrected chi connectivity index (χ3v) is 1.89. The fraction of sp³-hybridized carbons (Fsp3) is 0.222. The lowest BCUT2D eigenvalue weighted by Gasteiger charge is -1.92. The van der Waals surface area contributed by atoms with Crippen LogP contribution in [0.3, 0.4) is 0 Å². The predicted molar refractivity (Wildman–Crippen MR) is 49.8 cm³/mol. The highest BCUT2D eigenvalue weighted by Crippen LogP contribution is 2.02. The number of aryl methyl sites for hydroxylation is 1. The van der Waals surface area contributed by atoms with Gasteiger partial charge < -0.3 is 4.98 Å². The zero-order valence-electron chi connectivity index (χ0n) is 7.77. The maximum absolute atomic E-state index is 11.6. The molecular formula is C9H10N4O. The van der Waals surface area contributed by atoms with Gasteiger partial charge in [-0.2, -0.15) is 5.10 Å². The summed E-state index contributed by atoms with van der Waals surface area (Å²) in [6.07, 6.45) is 7.04. The summed E-state index contributed by atoms with van der Waals surface area (Å²) in [5, 5.41) is 3.98. The Bertz CT molecular complexity index is 429. The summed E-state index contributed by atoms with van der Waals surface area (Å²) in [6.45, 7) is 0. The smallest absolute Gasteiger partial charge is 0.202 e. The van der Waals surface area contributed by atoms with E-state index >= 15 is 0 Å². The maximum Gasteiger partial charge on any atom is 0.202 e. The van der Waals surface area contributed by atoms with E-state index in [1.807, 2.05) is 13.2 Å². The van der Waals surface area contributed by atoms with Gasteiger partial charge in [0.05, 0.1) is 6.20 Å². The van der Waals surface area contributed by atoms with Gasteiger partial charge in [-0.05, 0) is 5.56 Å². The molecule has 0 saturated heterocycles. The Hall–Kier alpha value is -1.91. The zero-order chi connectivity index (χ0) is 9.97. The van der Waals surface area contributed by atoms with Crippen molar-refractivity contribution in [3.05, 3.63) is 36.2 Å². The Balaban J connectivity index is 2.09. The first-order valence-corrected chi connectivity index (χ1v) is 4.26. The Labute approximate surface area is 80.8 Å². The van der Waals surface area contributed by atoms with Crippen LogP contribution in [0.1, 0.15) is 16.2 Å². The number of nitrogens with zero attached hydrogens (tertiary/aromatic N) is 3. The molecule has 2 rings (SSSR count). The Kier molecular flexibility index (Phi) is 2.14. The van der Waals surface area contributed by atoms with E-state index < -0.39 is 0 Å². The molecule has 0 unspecified atom stereocenters. The summed E-state index contributed by atoms with van der Waals surface area (Å²) in [5.41, 5.74) is 0.897. The van der Waals surface area contributed by atoms with Gasteiger partial charge in [0, 0.05) is 32.1 Å². The van der Waals surface area contributed by atoms with Crippen molar-refractivity contribution in [1.82, 2.24) is 19.7 Å². The number of nitrogens with one attached hydrogen (secondary N) is 1. The molecule has 2 heterocycles. The van der Waals surface area contributed by atoms with Crippen LogP contribution in [0, 0.1) is 0 Å². The molecule has 5 nitrogen and oxygen atoms in total. The van der Waals surface area contributed by atoms with Crippen LogP contribution in [-0.2, 0) is 13.5 Å². The van der Waals surface area contributed by atoms with E-state index in [1.165, 1.54) is 0 Å². The number of rotatable bonds is 3. The third kappa shape index (κ3) is 1.71. The van der Waals surface area contributed by atoms with Gasteiger partial charge in [-0.1, -0.05) is 0 Å². The molecule has 0 amide bonds. The predicted octanol–water partition coefficient (Wildman–Crippen LogP) is 0.569. The van der Waals surface area contributed by atoms with Crippen molar-refractivity contribution in [1.29, 1.82) is 0 Å². The highest BCUT2D eigenvalue weighted by Gasteiger charge is 2.09. The zero-order valence-corrected chi connectivity index (χ0v) is 7.77. The molecular weight excluding hydrogens is 180 g/mol. The molecule has 72 valence electrons. The Morgan fingerprint density at radius 2 is 2.50 bits per heavy atom. The topological polar surface area (TPSA) is 63.6 Å². The molecule has 0 saturated carbocycles. The third-order valence-electron chi connectivity index (χ3n) is 1.89. The Morgan fingerprint density at radius 1 is 1.64 bits per heavy atom. The second kappa shape index (κ2) is 3.45. The highest BCUT2D eigenvalue weighted by molar-refractivity contribution is 5.93. The molecule has 0 atom stereocenters. The van der Waals surface area contributed by atoms with Gasteiger partial charge in [-0.25, -0.2) is 4.98 Å². The first-order chi connectivity index (χ1) is 6.75. The molecule has 0 bridgehead atoms. The maximum atomic E-state index is 11.6. The normalized spacial score (nSPS) is 10.4. The number of aromatic amines is 1. The van der Waals surface area contributed by atoms with Crippen molar-refractivity contribution in [3.63, 3.8) is 0 Å². The molecule has 0 fully saturated rings. The summed E-state index contributed by atoms with van der Waals surface area (Å²) in [6, 6.07) is 0. The van der Waals surface area contributed by atoms with E-state index in [-0.39, 0.29) is 5.78 Å². The minimum absolute atomic E-state index is 0.0250. The quantitative estimate of drug-likeness (QED) is 0.719. The van der Waals surface area contributed by atoms with Crippen LogP contribution in [0.15, 0.2) is 24.8 Å². The van der Waals surface area contributed by atoms with E-state index in [2.05, 4.69) is 15.1 Å². The van der Waals surface area contributed by atoms with Gasteiger partial charge in [-0.15, -0.1) is 0 Å². The molecule has 5 heteroatoms. The number of ketones is 1. The van der Waals surface area contributed by atoms with Crippen molar-refractivity contribution >= 4 is 5.78 Å². The number of hydrogen-bond acceptors (Lipinski definition) is 3. The molecule has 0 aliphatic rings. The number of carbonyl (C=O) groups is 1. The fourth-order valence-corrected chi connectivity index (χ4v) is 1.25. The van der Waals surface area contributed by atoms with Crippen LogP contribution in [-0.4, -0.2) is 25.5 Å². The van der Waals surface area contributed by atoms with Crippen molar-refractivity contribution in [2.24, 2.45) is 7.05 Å². The van der Waals surface area contributed by atoms with Crippen LogP contribution < -0.4 is 0 Å². The molecule has 0 aromatic carbocycles. The number of carbonyl (C=O) groups excluding carboxylic acids is 1. The highest BCUT2D eigenvalue weighted by atomic mass is 16.1. The summed E-state index contributed by atoms with van der Waals surface area (Å²) in [7, 11) is 1.82. The van der Waals surface area contributed by atoms with Crippen LogP contribution >= 0.6 is 0 Å². The van der Waals surface area contributed by atoms with Crippen molar-refractivity contribution in [2.45, 2.75) is 6.42 Å². The molecule has 2 aromatic heterocycles. The van der Waals surface area contributed by atoms with Crippen LogP contribution in [0.4, 0.5) is 0 Å². The minimum Gasteiger partial charge on any atom is -0.342 e. The van der Waals surface area contributed by atoms with Crippen molar-refractivity contribution in [2.75, 3.05) is 0 Å². The summed E-state index contributed by atoms with van der Waals surface area (Å²) in [5.74, 6) is 0.372. The second-order valence-corrected chi connectivity index (χ2v) is 3.06. The monoisotopic (exact) mass is 190 g/mol. The van der Waals surface area contributed by atoms with E-state index in [0.29, 0.717) is 12.2 Å². The molecule has 2 aromatic rings. The SMILES string of the molecule is Cn1cc(CC(=O)c2ncc[nH]2)cn1. The first-order valence-electron chi connectivity index (χ1n) is 4.26. The average Bonchev–Trinajstić information content (AvgIpc) is 2.75. The van der Waals surface area contributed by atoms with Gasteiger partial charge in [0.1, 0.15) is 0 Å². The first kappa shape index (κ1) is 8.68.